The average molecular weight is 830 g/mol. The highest BCUT2D eigenvalue weighted by Crippen LogP contribution is 2.65. The smallest absolute Gasteiger partial charge is 0.455 e. The van der Waals surface area contributed by atoms with Gasteiger partial charge in [-0.2, -0.15) is 0 Å². The van der Waals surface area contributed by atoms with Gasteiger partial charge in [0.15, 0.2) is 11.4 Å². The Balaban J connectivity index is 1.53. The number of aliphatic hydroxyl groups is 3. The van der Waals surface area contributed by atoms with Gasteiger partial charge < -0.3 is 53.8 Å². The van der Waals surface area contributed by atoms with E-state index in [-0.39, 0.29) is 29.7 Å². The molecule has 0 spiro atoms. The van der Waals surface area contributed by atoms with Crippen molar-refractivity contribution in [3.63, 3.8) is 0 Å². The summed E-state index contributed by atoms with van der Waals surface area (Å²) in [4.78, 5) is 82.8. The Bertz CT molecular complexity index is 1970. The zero-order valence-corrected chi connectivity index (χ0v) is 35.2. The predicted octanol–water partition coefficient (Wildman–Crippen LogP) is 3.09. The van der Waals surface area contributed by atoms with Gasteiger partial charge in [0, 0.05) is 18.3 Å². The SMILES string of the molecule is COC(=O)O[C@@]12CO[C@@H]1CC(O)[C@@]1(C)C(=O)[C@H](O)C3=C(C)[C@@](C)(OC(=O)C4OC(=O)C(C)(C)[C@@H]4NC(=O)OC(C)(C)C)C[C@@](O)(C(OC(=O)c4ccccc4)C12)C3(C)C. The van der Waals surface area contributed by atoms with Gasteiger partial charge in [-0.3, -0.25) is 9.59 Å². The quantitative estimate of drug-likeness (QED) is 0.183. The second-order valence-corrected chi connectivity index (χ2v) is 18.9. The number of rotatable bonds is 6. The Morgan fingerprint density at radius 2 is 1.58 bits per heavy atom. The number of aliphatic hydroxyl groups excluding tert-OH is 2. The lowest BCUT2D eigenvalue weighted by atomic mass is 9.44. The molecule has 2 saturated carbocycles. The highest BCUT2D eigenvalue weighted by atomic mass is 16.8. The standard InChI is InChI=1S/C42H55NO16/c1-20-24-25(45)29(46)40(10)22(44)17-23-41(19-54-23,59-35(51)53-11)27(40)30(56-31(47)21-15-13-12-14-16-21)42(52,38(24,7)8)18-39(20,9)57-32(48)26-28(37(5,6)33(49)55-26)43-34(50)58-36(2,3)4/h12-16,22-23,25-28,30,44-45,52H,17-19H2,1-11H3,(H,43,50)/t22?,23-,25-,26?,27?,28-,30?,39+,40-,41+,42-/m1/s1. The number of amides is 1. The largest absolute Gasteiger partial charge is 0.508 e. The van der Waals surface area contributed by atoms with Gasteiger partial charge in [-0.1, -0.05) is 32.0 Å². The minimum atomic E-state index is -2.43. The molecule has 17 heteroatoms. The van der Waals surface area contributed by atoms with Crippen molar-refractivity contribution < 1.29 is 77.2 Å². The Hall–Kier alpha value is -4.58. The maximum atomic E-state index is 15.1. The van der Waals surface area contributed by atoms with Crippen LogP contribution in [0.1, 0.15) is 92.4 Å². The molecule has 4 fully saturated rings. The summed E-state index contributed by atoms with van der Waals surface area (Å²) in [6.07, 6.45) is -11.3. The maximum Gasteiger partial charge on any atom is 0.508 e. The van der Waals surface area contributed by atoms with Crippen LogP contribution < -0.4 is 5.32 Å². The van der Waals surface area contributed by atoms with E-state index in [0.717, 1.165) is 7.11 Å². The summed E-state index contributed by atoms with van der Waals surface area (Å²) in [7, 11) is 1.07. The third-order valence-electron chi connectivity index (χ3n) is 13.5. The van der Waals surface area contributed by atoms with E-state index in [1.54, 1.807) is 39.0 Å². The van der Waals surface area contributed by atoms with Crippen molar-refractivity contribution in [2.24, 2.45) is 22.2 Å². The van der Waals surface area contributed by atoms with Crippen molar-refractivity contribution in [2.45, 2.75) is 141 Å². The van der Waals surface area contributed by atoms with Gasteiger partial charge in [0.05, 0.1) is 48.2 Å². The Morgan fingerprint density at radius 1 is 0.949 bits per heavy atom. The van der Waals surface area contributed by atoms with Gasteiger partial charge in [0.2, 0.25) is 6.10 Å². The highest BCUT2D eigenvalue weighted by molar-refractivity contribution is 5.94. The molecule has 1 amide bonds. The number of alkyl carbamates (subject to hydrolysis) is 1. The Kier molecular flexibility index (Phi) is 10.6. The van der Waals surface area contributed by atoms with Gasteiger partial charge in [-0.15, -0.1) is 0 Å². The number of benzene rings is 1. The van der Waals surface area contributed by atoms with Crippen LogP contribution in [0.2, 0.25) is 0 Å². The maximum absolute atomic E-state index is 15.1. The van der Waals surface area contributed by atoms with E-state index < -0.39 is 123 Å². The van der Waals surface area contributed by atoms with Crippen molar-refractivity contribution in [2.75, 3.05) is 13.7 Å². The first-order valence-electron chi connectivity index (χ1n) is 19.5. The van der Waals surface area contributed by atoms with Crippen molar-refractivity contribution in [3.05, 3.63) is 47.0 Å². The molecule has 59 heavy (non-hydrogen) atoms. The van der Waals surface area contributed by atoms with Gasteiger partial charge in [0.25, 0.3) is 0 Å². The summed E-state index contributed by atoms with van der Waals surface area (Å²) in [5.41, 5.74) is -12.3. The fraction of sp³-hybridized carbons (Fsp3) is 0.667. The number of carbonyl (C=O) groups excluding carboxylic acids is 6. The molecule has 3 aliphatic carbocycles. The van der Waals surface area contributed by atoms with Crippen LogP contribution in [0, 0.1) is 22.2 Å². The summed E-state index contributed by atoms with van der Waals surface area (Å²) in [5.74, 6) is -5.51. The summed E-state index contributed by atoms with van der Waals surface area (Å²) in [6.45, 7) is 14.8. The third kappa shape index (κ3) is 6.68. The van der Waals surface area contributed by atoms with Crippen LogP contribution in [0.15, 0.2) is 41.5 Å². The fourth-order valence-electron chi connectivity index (χ4n) is 9.92. The molecule has 4 N–H and O–H groups in total. The van der Waals surface area contributed by atoms with E-state index >= 15 is 4.79 Å². The molecular formula is C42H55NO16. The van der Waals surface area contributed by atoms with Crippen LogP contribution in [0.4, 0.5) is 9.59 Å². The van der Waals surface area contributed by atoms with Crippen molar-refractivity contribution in [1.29, 1.82) is 0 Å². The van der Waals surface area contributed by atoms with Crippen LogP contribution in [0.5, 0.6) is 0 Å². The van der Waals surface area contributed by atoms with Gasteiger partial charge >= 0.3 is 30.2 Å². The minimum absolute atomic E-state index is 0.0517. The van der Waals surface area contributed by atoms with Gasteiger partial charge in [0.1, 0.15) is 35.1 Å². The monoisotopic (exact) mass is 829 g/mol. The molecule has 0 aromatic heterocycles. The molecule has 2 bridgehead atoms. The molecule has 1 aromatic carbocycles. The molecule has 5 aliphatic rings. The minimum Gasteiger partial charge on any atom is -0.455 e. The van der Waals surface area contributed by atoms with E-state index in [1.165, 1.54) is 60.6 Å². The number of esters is 3. The van der Waals surface area contributed by atoms with Crippen LogP contribution in [-0.4, -0.2) is 124 Å². The van der Waals surface area contributed by atoms with Crippen molar-refractivity contribution in [1.82, 2.24) is 5.32 Å². The molecule has 4 unspecified atom stereocenters. The summed E-state index contributed by atoms with van der Waals surface area (Å²) in [5, 5.41) is 40.4. The number of hydrogen-bond acceptors (Lipinski definition) is 16. The van der Waals surface area contributed by atoms with E-state index in [2.05, 4.69) is 5.32 Å². The normalized spacial score (nSPS) is 38.2. The summed E-state index contributed by atoms with van der Waals surface area (Å²) >= 11 is 0. The number of nitrogens with one attached hydrogen (secondary N) is 1. The topological polar surface area (TPSA) is 240 Å². The van der Waals surface area contributed by atoms with E-state index in [1.807, 2.05) is 0 Å². The first-order chi connectivity index (χ1) is 27.1. The molecule has 1 aromatic rings. The lowest BCUT2D eigenvalue weighted by Gasteiger charge is -2.67. The number of Topliss-reactive ketones (excluding diaryl/α,β-unsaturated/α-hetero) is 1. The molecule has 324 valence electrons. The van der Waals surface area contributed by atoms with Crippen LogP contribution >= 0.6 is 0 Å². The Morgan fingerprint density at radius 3 is 2.14 bits per heavy atom. The van der Waals surface area contributed by atoms with Crippen molar-refractivity contribution >= 4 is 35.9 Å². The molecular weight excluding hydrogens is 774 g/mol. The number of ketones is 1. The number of ether oxygens (including phenoxy) is 7. The first-order valence-corrected chi connectivity index (χ1v) is 19.5. The van der Waals surface area contributed by atoms with Crippen LogP contribution in [-0.2, 0) is 47.5 Å². The highest BCUT2D eigenvalue weighted by Gasteiger charge is 2.79. The number of cyclic esters (lactones) is 1. The first kappa shape index (κ1) is 44.0. The second-order valence-electron chi connectivity index (χ2n) is 18.9. The van der Waals surface area contributed by atoms with E-state index in [0.29, 0.717) is 0 Å². The van der Waals surface area contributed by atoms with Crippen LogP contribution in [0.25, 0.3) is 0 Å². The molecule has 11 atom stereocenters. The van der Waals surface area contributed by atoms with Crippen LogP contribution in [0.3, 0.4) is 0 Å². The predicted molar refractivity (Wildman–Crippen MR) is 202 cm³/mol. The van der Waals surface area contributed by atoms with Crippen molar-refractivity contribution in [3.8, 4) is 0 Å². The summed E-state index contributed by atoms with van der Waals surface area (Å²) in [6, 6.07) is 6.48. The summed E-state index contributed by atoms with van der Waals surface area (Å²) < 4.78 is 40.1. The Labute approximate surface area is 342 Å². The molecule has 2 saturated heterocycles. The third-order valence-corrected chi connectivity index (χ3v) is 13.5. The van der Waals surface area contributed by atoms with E-state index in [9.17, 15) is 39.3 Å². The zero-order valence-electron chi connectivity index (χ0n) is 35.2. The number of methoxy groups -OCH3 is 1. The lowest BCUT2D eigenvalue weighted by molar-refractivity contribution is -0.345. The average Bonchev–Trinajstić information content (AvgIpc) is 3.36. The number of carbonyl (C=O) groups is 6. The lowest BCUT2D eigenvalue weighted by Crippen LogP contribution is -2.82. The molecule has 2 aliphatic heterocycles. The second kappa shape index (κ2) is 14.3. The zero-order chi connectivity index (χ0) is 44.1. The molecule has 6 rings (SSSR count). The van der Waals surface area contributed by atoms with Gasteiger partial charge in [-0.05, 0) is 78.7 Å². The number of hydrogen-bond donors (Lipinski definition) is 4. The van der Waals surface area contributed by atoms with Gasteiger partial charge in [-0.25, -0.2) is 19.2 Å². The molecule has 0 radical (unpaired) electrons. The number of fused-ring (bicyclic) bond motifs is 5. The van der Waals surface area contributed by atoms with E-state index in [4.69, 9.17) is 33.2 Å². The fourth-order valence-corrected chi connectivity index (χ4v) is 9.92. The molecule has 17 nitrogen and oxygen atoms in total. The molecule has 2 heterocycles.